The van der Waals surface area contributed by atoms with Gasteiger partial charge in [0.2, 0.25) is 5.91 Å². The van der Waals surface area contributed by atoms with Gasteiger partial charge in [-0.15, -0.1) is 0 Å². The number of carbonyl (C=O) groups is 2. The number of para-hydroxylation sites is 1. The third-order valence-corrected chi connectivity index (χ3v) is 4.81. The number of aromatic nitrogens is 1. The molecule has 0 radical (unpaired) electrons. The lowest BCUT2D eigenvalue weighted by atomic mass is 9.85. The first-order valence-electron chi connectivity index (χ1n) is 9.09. The molecule has 5 heteroatoms. The summed E-state index contributed by atoms with van der Waals surface area (Å²) in [6.07, 6.45) is 1.93. The first-order chi connectivity index (χ1) is 13.5. The molecule has 144 valence electrons. The topological polar surface area (TPSA) is 68.5 Å². The molecule has 0 saturated carbocycles. The Morgan fingerprint density at radius 2 is 1.64 bits per heavy atom. The van der Waals surface area contributed by atoms with Gasteiger partial charge in [-0.1, -0.05) is 42.0 Å². The Hall–Kier alpha value is -3.18. The number of Topliss-reactive ketones (excluding diaryl/α,β-unsaturated/α-hetero) is 1. The van der Waals surface area contributed by atoms with Gasteiger partial charge >= 0.3 is 0 Å². The molecule has 0 aliphatic carbocycles. The predicted octanol–water partition coefficient (Wildman–Crippen LogP) is 3.86. The van der Waals surface area contributed by atoms with E-state index in [9.17, 15) is 14.7 Å². The van der Waals surface area contributed by atoms with Crippen LogP contribution in [0, 0.1) is 6.92 Å². The van der Waals surface area contributed by atoms with Crippen LogP contribution in [0.15, 0.2) is 73.1 Å². The lowest BCUT2D eigenvalue weighted by Crippen LogP contribution is -2.31. The lowest BCUT2D eigenvalue weighted by molar-refractivity contribution is 0.0650. The molecule has 2 aromatic carbocycles. The standard InChI is InChI=1S/C23H23NO4/c1-16-9-11-17(12-10-16)19(15-21(25)24-13-5-6-14-24)23(27)22(26)18-7-3-4-8-20(18)28-2/h3-14,19,23,27H,15H2,1-2H3/t19-,23-/m1/s1. The number of rotatable bonds is 7. The molecule has 1 heterocycles. The van der Waals surface area contributed by atoms with E-state index in [1.807, 2.05) is 31.2 Å². The molecular formula is C23H23NO4. The van der Waals surface area contributed by atoms with Crippen molar-refractivity contribution in [1.82, 2.24) is 4.57 Å². The molecule has 2 atom stereocenters. The average molecular weight is 377 g/mol. The summed E-state index contributed by atoms with van der Waals surface area (Å²) in [7, 11) is 1.48. The first-order valence-corrected chi connectivity index (χ1v) is 9.09. The fraction of sp³-hybridized carbons (Fsp3) is 0.217. The average Bonchev–Trinajstić information content (AvgIpc) is 3.26. The molecule has 3 rings (SSSR count). The fourth-order valence-electron chi connectivity index (χ4n) is 3.21. The lowest BCUT2D eigenvalue weighted by Gasteiger charge is -2.23. The van der Waals surface area contributed by atoms with Crippen LogP contribution >= 0.6 is 0 Å². The highest BCUT2D eigenvalue weighted by molar-refractivity contribution is 6.02. The minimum atomic E-state index is -1.38. The normalized spacial score (nSPS) is 13.0. The second-order valence-corrected chi connectivity index (χ2v) is 6.71. The van der Waals surface area contributed by atoms with E-state index in [0.29, 0.717) is 11.3 Å². The van der Waals surface area contributed by atoms with Gasteiger partial charge in [0.1, 0.15) is 11.9 Å². The van der Waals surface area contributed by atoms with E-state index >= 15 is 0 Å². The molecule has 0 saturated heterocycles. The van der Waals surface area contributed by atoms with Crippen molar-refractivity contribution < 1.29 is 19.4 Å². The summed E-state index contributed by atoms with van der Waals surface area (Å²) in [5.41, 5.74) is 2.09. The Labute approximate surface area is 164 Å². The summed E-state index contributed by atoms with van der Waals surface area (Å²) in [5.74, 6) is -0.940. The van der Waals surface area contributed by atoms with E-state index in [2.05, 4.69) is 0 Å². The Kier molecular flexibility index (Phi) is 6.06. The van der Waals surface area contributed by atoms with Crippen molar-refractivity contribution in [1.29, 1.82) is 0 Å². The third kappa shape index (κ3) is 4.21. The number of ether oxygens (including phenoxy) is 1. The van der Waals surface area contributed by atoms with Crippen LogP contribution < -0.4 is 4.74 Å². The van der Waals surface area contributed by atoms with Crippen LogP contribution in [0.4, 0.5) is 0 Å². The SMILES string of the molecule is COc1ccccc1C(=O)[C@H](O)[C@H](CC(=O)n1cccc1)c1ccc(C)cc1. The summed E-state index contributed by atoms with van der Waals surface area (Å²) in [6, 6.07) is 17.8. The molecule has 5 nitrogen and oxygen atoms in total. The second kappa shape index (κ2) is 8.67. The van der Waals surface area contributed by atoms with Crippen LogP contribution in [0.1, 0.15) is 38.6 Å². The highest BCUT2D eigenvalue weighted by atomic mass is 16.5. The van der Waals surface area contributed by atoms with Crippen molar-refractivity contribution >= 4 is 11.7 Å². The second-order valence-electron chi connectivity index (χ2n) is 6.71. The molecule has 0 fully saturated rings. The van der Waals surface area contributed by atoms with Crippen molar-refractivity contribution in [3.63, 3.8) is 0 Å². The fourth-order valence-corrected chi connectivity index (χ4v) is 3.21. The van der Waals surface area contributed by atoms with Crippen molar-refractivity contribution in [3.05, 3.63) is 89.7 Å². The van der Waals surface area contributed by atoms with Gasteiger partial charge in [-0.05, 0) is 36.8 Å². The maximum atomic E-state index is 13.0. The Bertz CT molecular complexity index is 945. The van der Waals surface area contributed by atoms with Gasteiger partial charge in [-0.25, -0.2) is 0 Å². The molecule has 1 N–H and O–H groups in total. The van der Waals surface area contributed by atoms with Crippen LogP contribution in [-0.4, -0.2) is 34.6 Å². The highest BCUT2D eigenvalue weighted by Crippen LogP contribution is 2.29. The zero-order valence-electron chi connectivity index (χ0n) is 15.9. The molecule has 0 spiro atoms. The molecule has 0 bridgehead atoms. The zero-order valence-corrected chi connectivity index (χ0v) is 15.9. The number of hydrogen-bond acceptors (Lipinski definition) is 4. The summed E-state index contributed by atoms with van der Waals surface area (Å²) in [5, 5.41) is 11.0. The van der Waals surface area contributed by atoms with Gasteiger partial charge in [0, 0.05) is 24.7 Å². The van der Waals surface area contributed by atoms with Crippen LogP contribution in [0.5, 0.6) is 5.75 Å². The maximum Gasteiger partial charge on any atom is 0.231 e. The molecule has 3 aromatic rings. The molecule has 0 unspecified atom stereocenters. The summed E-state index contributed by atoms with van der Waals surface area (Å²) < 4.78 is 6.71. The van der Waals surface area contributed by atoms with E-state index < -0.39 is 17.8 Å². The first kappa shape index (κ1) is 19.6. The zero-order chi connectivity index (χ0) is 20.1. The number of ketones is 1. The summed E-state index contributed by atoms with van der Waals surface area (Å²) in [6.45, 7) is 1.96. The number of benzene rings is 2. The van der Waals surface area contributed by atoms with Gasteiger partial charge in [0.05, 0.1) is 12.7 Å². The van der Waals surface area contributed by atoms with Gasteiger partial charge in [-0.2, -0.15) is 0 Å². The number of aliphatic hydroxyl groups is 1. The molecule has 1 aromatic heterocycles. The van der Waals surface area contributed by atoms with Gasteiger partial charge in [-0.3, -0.25) is 14.2 Å². The van der Waals surface area contributed by atoms with Crippen molar-refractivity contribution in [2.24, 2.45) is 0 Å². The molecule has 28 heavy (non-hydrogen) atoms. The number of aliphatic hydroxyl groups excluding tert-OH is 1. The smallest absolute Gasteiger partial charge is 0.231 e. The highest BCUT2D eigenvalue weighted by Gasteiger charge is 2.32. The van der Waals surface area contributed by atoms with Crippen LogP contribution in [-0.2, 0) is 0 Å². The van der Waals surface area contributed by atoms with E-state index in [4.69, 9.17) is 4.74 Å². The number of methoxy groups -OCH3 is 1. The minimum Gasteiger partial charge on any atom is -0.496 e. The molecule has 0 aliphatic rings. The summed E-state index contributed by atoms with van der Waals surface area (Å²) in [4.78, 5) is 25.7. The predicted molar refractivity (Wildman–Crippen MR) is 107 cm³/mol. The molecule has 0 aliphatic heterocycles. The van der Waals surface area contributed by atoms with Crippen molar-refractivity contribution in [3.8, 4) is 5.75 Å². The van der Waals surface area contributed by atoms with Gasteiger partial charge < -0.3 is 9.84 Å². The van der Waals surface area contributed by atoms with E-state index in [-0.39, 0.29) is 12.3 Å². The van der Waals surface area contributed by atoms with Crippen molar-refractivity contribution in [2.75, 3.05) is 7.11 Å². The van der Waals surface area contributed by atoms with E-state index in [1.54, 1.807) is 48.8 Å². The third-order valence-electron chi connectivity index (χ3n) is 4.81. The summed E-state index contributed by atoms with van der Waals surface area (Å²) >= 11 is 0. The minimum absolute atomic E-state index is 0.000202. The number of carbonyl (C=O) groups excluding carboxylic acids is 2. The van der Waals surface area contributed by atoms with Gasteiger partial charge in [0.25, 0.3) is 0 Å². The Balaban J connectivity index is 1.94. The number of hydrogen-bond donors (Lipinski definition) is 1. The molecular weight excluding hydrogens is 354 g/mol. The van der Waals surface area contributed by atoms with Crippen molar-refractivity contribution in [2.45, 2.75) is 25.4 Å². The van der Waals surface area contributed by atoms with Crippen LogP contribution in [0.25, 0.3) is 0 Å². The number of aryl methyl sites for hydroxylation is 1. The largest absolute Gasteiger partial charge is 0.496 e. The maximum absolute atomic E-state index is 13.0. The quantitative estimate of drug-likeness (QED) is 0.635. The van der Waals surface area contributed by atoms with E-state index in [1.165, 1.54) is 11.7 Å². The van der Waals surface area contributed by atoms with E-state index in [0.717, 1.165) is 11.1 Å². The monoisotopic (exact) mass is 377 g/mol. The van der Waals surface area contributed by atoms with Gasteiger partial charge in [0.15, 0.2) is 5.78 Å². The van der Waals surface area contributed by atoms with Crippen LogP contribution in [0.2, 0.25) is 0 Å². The van der Waals surface area contributed by atoms with Crippen LogP contribution in [0.3, 0.4) is 0 Å². The molecule has 0 amide bonds. The Morgan fingerprint density at radius 3 is 2.29 bits per heavy atom. The number of nitrogens with zero attached hydrogens (tertiary/aromatic N) is 1. The Morgan fingerprint density at radius 1 is 1.00 bits per heavy atom.